The summed E-state index contributed by atoms with van der Waals surface area (Å²) in [4.78, 5) is 12.5. The topological polar surface area (TPSA) is 37.3 Å². The molecule has 1 unspecified atom stereocenters. The Hall–Kier alpha value is -2.00. The van der Waals surface area contributed by atoms with Gasteiger partial charge in [0.15, 0.2) is 0 Å². The lowest BCUT2D eigenvalue weighted by Gasteiger charge is -2.37. The average Bonchev–Trinajstić information content (AvgIpc) is 2.65. The molecule has 0 bridgehead atoms. The van der Waals surface area contributed by atoms with Crippen LogP contribution in [0.15, 0.2) is 72.8 Å². The third kappa shape index (κ3) is 3.70. The lowest BCUT2D eigenvalue weighted by molar-refractivity contribution is -0.140. The first-order valence-electron chi connectivity index (χ1n) is 8.34. The number of hydrogen-bond acceptors (Lipinski definition) is 1. The molecule has 138 valence electrons. The maximum absolute atomic E-state index is 12.5. The number of hydrogen-bond donors (Lipinski definition) is 1. The molecule has 0 radical (unpaired) electrons. The molecule has 3 aromatic rings. The van der Waals surface area contributed by atoms with Crippen LogP contribution in [-0.2, 0) is 10.2 Å². The minimum absolute atomic E-state index is 0.234. The molecule has 1 atom stereocenters. The number of benzene rings is 3. The highest BCUT2D eigenvalue weighted by atomic mass is 35.5. The van der Waals surface area contributed by atoms with Crippen molar-refractivity contribution in [1.29, 1.82) is 0 Å². The van der Waals surface area contributed by atoms with Gasteiger partial charge in [-0.15, -0.1) is 0 Å². The van der Waals surface area contributed by atoms with Crippen molar-refractivity contribution in [1.82, 2.24) is 0 Å². The third-order valence-corrected chi connectivity index (χ3v) is 5.75. The van der Waals surface area contributed by atoms with Gasteiger partial charge in [0.2, 0.25) is 0 Å². The number of carboxylic acids is 1. The first kappa shape index (κ1) is 19.8. The fraction of sp³-hybridized carbons (Fsp3) is 0.136. The third-order valence-electron chi connectivity index (χ3n) is 4.90. The predicted molar refractivity (Wildman–Crippen MR) is 111 cm³/mol. The molecular weight excluding hydrogens is 403 g/mol. The van der Waals surface area contributed by atoms with Crippen molar-refractivity contribution >= 4 is 40.8 Å². The maximum atomic E-state index is 12.5. The van der Waals surface area contributed by atoms with E-state index in [4.69, 9.17) is 34.8 Å². The van der Waals surface area contributed by atoms with Gasteiger partial charge in [-0.05, 0) is 23.3 Å². The highest BCUT2D eigenvalue weighted by molar-refractivity contribution is 6.39. The first-order chi connectivity index (χ1) is 12.9. The van der Waals surface area contributed by atoms with Crippen LogP contribution in [0.5, 0.6) is 0 Å². The second-order valence-electron chi connectivity index (χ2n) is 6.49. The molecule has 5 heteroatoms. The van der Waals surface area contributed by atoms with Crippen molar-refractivity contribution in [3.8, 4) is 0 Å². The van der Waals surface area contributed by atoms with Gasteiger partial charge in [-0.25, -0.2) is 0 Å². The van der Waals surface area contributed by atoms with Gasteiger partial charge >= 0.3 is 5.97 Å². The summed E-state index contributed by atoms with van der Waals surface area (Å²) in [5.41, 5.74) is 1.15. The molecule has 3 rings (SSSR count). The quantitative estimate of drug-likeness (QED) is 0.492. The standard InChI is InChI=1S/C22H17Cl3O2/c1-22(14-8-4-2-5-9-14,15-10-6-3-7-11-15)20(21(26)27)19-17(24)12-16(23)13-18(19)25/h2-13,20H,1H3,(H,26,27). The number of carbonyl (C=O) groups is 1. The van der Waals surface area contributed by atoms with E-state index in [2.05, 4.69) is 0 Å². The number of aliphatic carboxylic acids is 1. The minimum Gasteiger partial charge on any atom is -0.481 e. The molecule has 0 saturated carbocycles. The molecule has 0 amide bonds. The average molecular weight is 420 g/mol. The highest BCUT2D eigenvalue weighted by Crippen LogP contribution is 2.48. The molecule has 1 N–H and O–H groups in total. The van der Waals surface area contributed by atoms with Crippen LogP contribution in [0.1, 0.15) is 29.5 Å². The Kier molecular flexibility index (Phi) is 5.81. The summed E-state index contributed by atoms with van der Waals surface area (Å²) < 4.78 is 0. The van der Waals surface area contributed by atoms with Crippen LogP contribution in [0.4, 0.5) is 0 Å². The Balaban J connectivity index is 2.35. The predicted octanol–water partition coefficient (Wildman–Crippen LogP) is 6.82. The van der Waals surface area contributed by atoms with E-state index in [0.29, 0.717) is 10.6 Å². The van der Waals surface area contributed by atoms with E-state index < -0.39 is 17.3 Å². The van der Waals surface area contributed by atoms with Crippen LogP contribution in [0.2, 0.25) is 15.1 Å². The van der Waals surface area contributed by atoms with Gasteiger partial charge in [0.05, 0.1) is 5.92 Å². The SMILES string of the molecule is CC(c1ccccc1)(c1ccccc1)C(C(=O)O)c1c(Cl)cc(Cl)cc1Cl. The van der Waals surface area contributed by atoms with Gasteiger partial charge in [-0.1, -0.05) is 102 Å². The van der Waals surface area contributed by atoms with E-state index in [9.17, 15) is 9.90 Å². The molecule has 0 aromatic heterocycles. The molecule has 0 aliphatic heterocycles. The Morgan fingerprint density at radius 2 is 1.26 bits per heavy atom. The monoisotopic (exact) mass is 418 g/mol. The maximum Gasteiger partial charge on any atom is 0.312 e. The van der Waals surface area contributed by atoms with E-state index in [1.54, 1.807) is 0 Å². The van der Waals surface area contributed by atoms with Crippen molar-refractivity contribution in [3.63, 3.8) is 0 Å². The zero-order valence-electron chi connectivity index (χ0n) is 14.5. The molecule has 0 aliphatic carbocycles. The van der Waals surface area contributed by atoms with E-state index in [1.807, 2.05) is 67.6 Å². The van der Waals surface area contributed by atoms with Crippen LogP contribution < -0.4 is 0 Å². The molecular formula is C22H17Cl3O2. The lowest BCUT2D eigenvalue weighted by atomic mass is 9.65. The normalized spacial score (nSPS) is 12.6. The number of carboxylic acid groups (broad SMARTS) is 1. The molecule has 0 fully saturated rings. The molecule has 0 saturated heterocycles. The second-order valence-corrected chi connectivity index (χ2v) is 7.74. The van der Waals surface area contributed by atoms with Crippen LogP contribution in [0, 0.1) is 0 Å². The largest absolute Gasteiger partial charge is 0.481 e. The van der Waals surface area contributed by atoms with E-state index in [1.165, 1.54) is 12.1 Å². The molecule has 3 aromatic carbocycles. The smallest absolute Gasteiger partial charge is 0.312 e. The van der Waals surface area contributed by atoms with Crippen molar-refractivity contribution in [2.24, 2.45) is 0 Å². The van der Waals surface area contributed by atoms with Crippen LogP contribution in [0.25, 0.3) is 0 Å². The summed E-state index contributed by atoms with van der Waals surface area (Å²) in [6.45, 7) is 1.90. The second kappa shape index (κ2) is 7.93. The van der Waals surface area contributed by atoms with Gasteiger partial charge in [0, 0.05) is 26.0 Å². The summed E-state index contributed by atoms with van der Waals surface area (Å²) in [7, 11) is 0. The van der Waals surface area contributed by atoms with Crippen molar-refractivity contribution in [2.75, 3.05) is 0 Å². The van der Waals surface area contributed by atoms with Gasteiger partial charge in [0.1, 0.15) is 0 Å². The zero-order chi connectivity index (χ0) is 19.6. The van der Waals surface area contributed by atoms with Crippen molar-refractivity contribution in [3.05, 3.63) is 105 Å². The summed E-state index contributed by atoms with van der Waals surface area (Å²) in [6, 6.07) is 22.1. The highest BCUT2D eigenvalue weighted by Gasteiger charge is 2.45. The minimum atomic E-state index is -1.02. The van der Waals surface area contributed by atoms with Crippen LogP contribution >= 0.6 is 34.8 Å². The zero-order valence-corrected chi connectivity index (χ0v) is 16.8. The first-order valence-corrected chi connectivity index (χ1v) is 9.47. The van der Waals surface area contributed by atoms with E-state index in [-0.39, 0.29) is 10.0 Å². The van der Waals surface area contributed by atoms with Crippen LogP contribution in [-0.4, -0.2) is 11.1 Å². The molecule has 27 heavy (non-hydrogen) atoms. The van der Waals surface area contributed by atoms with Crippen molar-refractivity contribution in [2.45, 2.75) is 18.3 Å². The Morgan fingerprint density at radius 1 is 0.852 bits per heavy atom. The molecule has 0 aliphatic rings. The summed E-state index contributed by atoms with van der Waals surface area (Å²) in [5, 5.41) is 11.1. The molecule has 0 spiro atoms. The van der Waals surface area contributed by atoms with Crippen molar-refractivity contribution < 1.29 is 9.90 Å². The summed E-state index contributed by atoms with van der Waals surface area (Å²) in [6.07, 6.45) is 0. The fourth-order valence-electron chi connectivity index (χ4n) is 3.56. The Morgan fingerprint density at radius 3 is 1.63 bits per heavy atom. The number of halogens is 3. The molecule has 2 nitrogen and oxygen atoms in total. The summed E-state index contributed by atoms with van der Waals surface area (Å²) >= 11 is 18.9. The summed E-state index contributed by atoms with van der Waals surface area (Å²) in [5.74, 6) is -2.03. The molecule has 0 heterocycles. The number of rotatable bonds is 5. The van der Waals surface area contributed by atoms with Gasteiger partial charge < -0.3 is 5.11 Å². The Labute approximate surface area is 173 Å². The van der Waals surface area contributed by atoms with Gasteiger partial charge in [-0.2, -0.15) is 0 Å². The van der Waals surface area contributed by atoms with Gasteiger partial charge in [-0.3, -0.25) is 4.79 Å². The van der Waals surface area contributed by atoms with E-state index >= 15 is 0 Å². The van der Waals surface area contributed by atoms with Gasteiger partial charge in [0.25, 0.3) is 0 Å². The van der Waals surface area contributed by atoms with Crippen LogP contribution in [0.3, 0.4) is 0 Å². The van der Waals surface area contributed by atoms with E-state index in [0.717, 1.165) is 11.1 Å². The lowest BCUT2D eigenvalue weighted by Crippen LogP contribution is -2.37. The Bertz CT molecular complexity index is 893. The fourth-order valence-corrected chi connectivity index (χ4v) is 4.59.